The molecule has 2 rings (SSSR count). The maximum absolute atomic E-state index is 11.1. The average molecular weight is 376 g/mol. The number of rotatable bonds is 8. The van der Waals surface area contributed by atoms with Gasteiger partial charge in [-0.15, -0.1) is 0 Å². The van der Waals surface area contributed by atoms with Crippen molar-refractivity contribution < 1.29 is 24.1 Å². The number of non-ortho nitro benzene ring substituents is 1. The van der Waals surface area contributed by atoms with E-state index in [1.165, 1.54) is 33.6 Å². The number of ether oxygens (including phenoxy) is 3. The molecule has 0 aliphatic rings. The van der Waals surface area contributed by atoms with Gasteiger partial charge in [-0.05, 0) is 6.07 Å². The van der Waals surface area contributed by atoms with Crippen LogP contribution in [0.3, 0.4) is 0 Å². The number of methoxy groups -OCH3 is 3. The van der Waals surface area contributed by atoms with Crippen molar-refractivity contribution in [3.8, 4) is 17.2 Å². The maximum atomic E-state index is 11.1. The van der Waals surface area contributed by atoms with E-state index in [4.69, 9.17) is 14.2 Å². The van der Waals surface area contributed by atoms with E-state index in [1.54, 1.807) is 12.1 Å². The number of hydrazone groups is 1. The highest BCUT2D eigenvalue weighted by atomic mass is 16.6. The van der Waals surface area contributed by atoms with Crippen LogP contribution in [0.4, 0.5) is 17.1 Å². The summed E-state index contributed by atoms with van der Waals surface area (Å²) in [5.74, 6) is 1.34. The van der Waals surface area contributed by atoms with E-state index < -0.39 is 21.2 Å². The second-order valence-electron chi connectivity index (χ2n) is 5.03. The number of benzene rings is 2. The van der Waals surface area contributed by atoms with Gasteiger partial charge in [-0.25, -0.2) is 0 Å². The van der Waals surface area contributed by atoms with Gasteiger partial charge in [-0.2, -0.15) is 5.10 Å². The van der Waals surface area contributed by atoms with Gasteiger partial charge in [-0.3, -0.25) is 25.7 Å². The SMILES string of the molecule is COc1cc(OC)c(/C=N/Nc2ccc([N+](=O)[O-])cc2[N+](=O)[O-])c(OC)c1. The lowest BCUT2D eigenvalue weighted by Crippen LogP contribution is -2.01. The van der Waals surface area contributed by atoms with Gasteiger partial charge in [0.15, 0.2) is 0 Å². The van der Waals surface area contributed by atoms with Crippen LogP contribution in [0, 0.1) is 20.2 Å². The smallest absolute Gasteiger partial charge is 0.301 e. The minimum atomic E-state index is -0.737. The van der Waals surface area contributed by atoms with Crippen molar-refractivity contribution in [3.63, 3.8) is 0 Å². The molecule has 27 heavy (non-hydrogen) atoms. The van der Waals surface area contributed by atoms with Crippen LogP contribution in [0.1, 0.15) is 5.56 Å². The zero-order valence-electron chi connectivity index (χ0n) is 14.7. The summed E-state index contributed by atoms with van der Waals surface area (Å²) in [4.78, 5) is 20.5. The Bertz CT molecular complexity index is 873. The Balaban J connectivity index is 2.35. The highest BCUT2D eigenvalue weighted by Crippen LogP contribution is 2.33. The molecule has 0 saturated heterocycles. The van der Waals surface area contributed by atoms with Crippen LogP contribution in [0.15, 0.2) is 35.4 Å². The van der Waals surface area contributed by atoms with Gasteiger partial charge in [-0.1, -0.05) is 0 Å². The molecule has 0 saturated carbocycles. The summed E-state index contributed by atoms with van der Waals surface area (Å²) in [6.45, 7) is 0. The van der Waals surface area contributed by atoms with Crippen molar-refractivity contribution >= 4 is 23.3 Å². The van der Waals surface area contributed by atoms with E-state index in [1.807, 2.05) is 0 Å². The summed E-state index contributed by atoms with van der Waals surface area (Å²) in [7, 11) is 4.41. The third-order valence-corrected chi connectivity index (χ3v) is 3.52. The maximum Gasteiger partial charge on any atom is 0.301 e. The number of anilines is 1. The summed E-state index contributed by atoms with van der Waals surface area (Å²) >= 11 is 0. The quantitative estimate of drug-likeness (QED) is 0.421. The van der Waals surface area contributed by atoms with Gasteiger partial charge in [0.05, 0.1) is 49.0 Å². The minimum Gasteiger partial charge on any atom is -0.496 e. The fourth-order valence-electron chi connectivity index (χ4n) is 2.21. The minimum absolute atomic E-state index is 0.00621. The zero-order chi connectivity index (χ0) is 20.0. The highest BCUT2D eigenvalue weighted by Gasteiger charge is 2.19. The highest BCUT2D eigenvalue weighted by molar-refractivity contribution is 5.88. The molecule has 0 heterocycles. The second-order valence-corrected chi connectivity index (χ2v) is 5.03. The average Bonchev–Trinajstić information content (AvgIpc) is 2.67. The van der Waals surface area contributed by atoms with E-state index in [0.29, 0.717) is 22.8 Å². The first-order valence-corrected chi connectivity index (χ1v) is 7.43. The third-order valence-electron chi connectivity index (χ3n) is 3.52. The van der Waals surface area contributed by atoms with Crippen LogP contribution in [0.5, 0.6) is 17.2 Å². The summed E-state index contributed by atoms with van der Waals surface area (Å²) in [6, 6.07) is 6.44. The van der Waals surface area contributed by atoms with Crippen molar-refractivity contribution in [1.82, 2.24) is 0 Å². The molecule has 2 aromatic rings. The predicted molar refractivity (Wildman–Crippen MR) is 97.1 cm³/mol. The molecule has 0 fully saturated rings. The second kappa shape index (κ2) is 8.47. The molecule has 0 atom stereocenters. The molecule has 2 aromatic carbocycles. The molecule has 1 N–H and O–H groups in total. The van der Waals surface area contributed by atoms with Crippen molar-refractivity contribution in [2.45, 2.75) is 0 Å². The monoisotopic (exact) mass is 376 g/mol. The Morgan fingerprint density at radius 1 is 0.963 bits per heavy atom. The van der Waals surface area contributed by atoms with E-state index in [9.17, 15) is 20.2 Å². The summed E-state index contributed by atoms with van der Waals surface area (Å²) in [6.07, 6.45) is 1.35. The van der Waals surface area contributed by atoms with Gasteiger partial charge in [0.25, 0.3) is 5.69 Å². The first kappa shape index (κ1) is 19.4. The lowest BCUT2D eigenvalue weighted by molar-refractivity contribution is -0.393. The first-order chi connectivity index (χ1) is 12.9. The summed E-state index contributed by atoms with van der Waals surface area (Å²) < 4.78 is 15.7. The van der Waals surface area contributed by atoms with Crippen molar-refractivity contribution in [1.29, 1.82) is 0 Å². The Morgan fingerprint density at radius 2 is 1.59 bits per heavy atom. The molecular formula is C16H16N4O7. The normalized spacial score (nSPS) is 10.5. The molecule has 0 amide bonds. The molecule has 0 unspecified atom stereocenters. The fraction of sp³-hybridized carbons (Fsp3) is 0.188. The van der Waals surface area contributed by atoms with Gasteiger partial charge in [0, 0.05) is 18.2 Å². The fourth-order valence-corrected chi connectivity index (χ4v) is 2.21. The van der Waals surface area contributed by atoms with Crippen LogP contribution >= 0.6 is 0 Å². The van der Waals surface area contributed by atoms with Gasteiger partial charge in [0.1, 0.15) is 22.9 Å². The third kappa shape index (κ3) is 4.39. The van der Waals surface area contributed by atoms with E-state index in [-0.39, 0.29) is 5.69 Å². The number of hydrogen-bond donors (Lipinski definition) is 1. The van der Waals surface area contributed by atoms with E-state index in [2.05, 4.69) is 10.5 Å². The lowest BCUT2D eigenvalue weighted by Gasteiger charge is -2.12. The van der Waals surface area contributed by atoms with Crippen LogP contribution < -0.4 is 19.6 Å². The molecule has 142 valence electrons. The summed E-state index contributed by atoms with van der Waals surface area (Å²) in [5.41, 5.74) is 2.10. The van der Waals surface area contributed by atoms with E-state index >= 15 is 0 Å². The van der Waals surface area contributed by atoms with Gasteiger partial charge in [0.2, 0.25) is 0 Å². The Morgan fingerprint density at radius 3 is 2.07 bits per heavy atom. The number of nitro benzene ring substituents is 2. The van der Waals surface area contributed by atoms with Gasteiger partial charge >= 0.3 is 5.69 Å². The standard InChI is InChI=1S/C16H16N4O7/c1-25-11-7-15(26-2)12(16(8-11)27-3)9-17-18-13-5-4-10(19(21)22)6-14(13)20(23)24/h4-9,18H,1-3H3/b17-9+. The largest absolute Gasteiger partial charge is 0.496 e. The molecule has 11 nitrogen and oxygen atoms in total. The number of nitro groups is 2. The van der Waals surface area contributed by atoms with Crippen LogP contribution in [0.25, 0.3) is 0 Å². The molecule has 0 aliphatic carbocycles. The topological polar surface area (TPSA) is 138 Å². The molecule has 0 bridgehead atoms. The zero-order valence-corrected chi connectivity index (χ0v) is 14.7. The molecule has 0 aromatic heterocycles. The van der Waals surface area contributed by atoms with Gasteiger partial charge < -0.3 is 14.2 Å². The predicted octanol–water partition coefficient (Wildman–Crippen LogP) is 2.97. The Hall–Kier alpha value is -3.89. The first-order valence-electron chi connectivity index (χ1n) is 7.43. The summed E-state index contributed by atoms with van der Waals surface area (Å²) in [5, 5.41) is 25.9. The molecule has 0 spiro atoms. The Labute approximate surface area is 153 Å². The van der Waals surface area contributed by atoms with Crippen molar-refractivity contribution in [3.05, 3.63) is 56.1 Å². The van der Waals surface area contributed by atoms with Crippen LogP contribution in [-0.2, 0) is 0 Å². The molecular weight excluding hydrogens is 360 g/mol. The van der Waals surface area contributed by atoms with Crippen LogP contribution in [-0.4, -0.2) is 37.4 Å². The lowest BCUT2D eigenvalue weighted by atomic mass is 10.2. The molecule has 11 heteroatoms. The van der Waals surface area contributed by atoms with Crippen molar-refractivity contribution in [2.75, 3.05) is 26.8 Å². The Kier molecular flexibility index (Phi) is 6.10. The molecule has 0 radical (unpaired) electrons. The number of nitrogens with zero attached hydrogens (tertiary/aromatic N) is 3. The number of hydrogen-bond acceptors (Lipinski definition) is 9. The number of nitrogens with one attached hydrogen (secondary N) is 1. The van der Waals surface area contributed by atoms with E-state index in [0.717, 1.165) is 12.1 Å². The molecule has 0 aliphatic heterocycles. The van der Waals surface area contributed by atoms with Crippen LogP contribution in [0.2, 0.25) is 0 Å². The van der Waals surface area contributed by atoms with Crippen molar-refractivity contribution in [2.24, 2.45) is 5.10 Å².